The lowest BCUT2D eigenvalue weighted by atomic mass is 10.1. The van der Waals surface area contributed by atoms with Crippen LogP contribution in [0.25, 0.3) is 16.9 Å². The van der Waals surface area contributed by atoms with Gasteiger partial charge in [-0.2, -0.15) is 5.10 Å². The van der Waals surface area contributed by atoms with E-state index in [0.29, 0.717) is 28.3 Å². The Hall–Kier alpha value is -2.17. The number of aromatic nitrogens is 2. The van der Waals surface area contributed by atoms with Gasteiger partial charge < -0.3 is 0 Å². The fourth-order valence-corrected chi connectivity index (χ4v) is 2.64. The number of carbonyl (C=O) groups excluding carboxylic acids is 1. The quantitative estimate of drug-likeness (QED) is 0.645. The summed E-state index contributed by atoms with van der Waals surface area (Å²) in [7, 11) is 0. The molecule has 110 valence electrons. The highest BCUT2D eigenvalue weighted by Gasteiger charge is 2.20. The molecule has 0 amide bonds. The topological polar surface area (TPSA) is 34.9 Å². The van der Waals surface area contributed by atoms with Crippen molar-refractivity contribution in [1.82, 2.24) is 9.78 Å². The van der Waals surface area contributed by atoms with E-state index in [1.807, 2.05) is 0 Å². The third-order valence-electron chi connectivity index (χ3n) is 3.16. The second-order valence-corrected chi connectivity index (χ2v) is 5.31. The van der Waals surface area contributed by atoms with E-state index in [4.69, 9.17) is 23.2 Å². The van der Waals surface area contributed by atoms with E-state index in [1.165, 1.54) is 16.8 Å². The van der Waals surface area contributed by atoms with E-state index in [0.717, 1.165) is 0 Å². The normalized spacial score (nSPS) is 10.7. The van der Waals surface area contributed by atoms with Gasteiger partial charge in [-0.15, -0.1) is 0 Å². The monoisotopic (exact) mass is 334 g/mol. The number of aldehydes is 1. The number of benzene rings is 2. The van der Waals surface area contributed by atoms with Crippen LogP contribution in [0.5, 0.6) is 0 Å². The van der Waals surface area contributed by atoms with Crippen LogP contribution in [0.1, 0.15) is 10.4 Å². The van der Waals surface area contributed by atoms with E-state index in [9.17, 15) is 9.18 Å². The van der Waals surface area contributed by atoms with Crippen LogP contribution in [0.15, 0.2) is 48.5 Å². The predicted molar refractivity (Wildman–Crippen MR) is 84.4 cm³/mol. The molecule has 6 heteroatoms. The van der Waals surface area contributed by atoms with Crippen molar-refractivity contribution in [3.05, 3.63) is 70.1 Å². The highest BCUT2D eigenvalue weighted by atomic mass is 35.5. The Morgan fingerprint density at radius 1 is 1.09 bits per heavy atom. The Kier molecular flexibility index (Phi) is 3.96. The van der Waals surface area contributed by atoms with E-state index < -0.39 is 5.82 Å². The smallest absolute Gasteiger partial charge is 0.155 e. The summed E-state index contributed by atoms with van der Waals surface area (Å²) in [6, 6.07) is 12.8. The molecule has 0 spiro atoms. The first-order valence-corrected chi connectivity index (χ1v) is 7.12. The molecule has 3 aromatic rings. The van der Waals surface area contributed by atoms with Crippen LogP contribution in [0.3, 0.4) is 0 Å². The van der Waals surface area contributed by atoms with Crippen LogP contribution in [0.4, 0.5) is 4.39 Å². The van der Waals surface area contributed by atoms with Gasteiger partial charge in [0, 0.05) is 5.56 Å². The van der Waals surface area contributed by atoms with Crippen LogP contribution < -0.4 is 0 Å². The number of rotatable bonds is 3. The Labute approximate surface area is 135 Å². The number of hydrogen-bond acceptors (Lipinski definition) is 2. The third kappa shape index (κ3) is 2.51. The average Bonchev–Trinajstić information content (AvgIpc) is 2.84. The van der Waals surface area contributed by atoms with Gasteiger partial charge in [-0.1, -0.05) is 47.5 Å². The number of hydrogen-bond donors (Lipinski definition) is 0. The average molecular weight is 335 g/mol. The van der Waals surface area contributed by atoms with E-state index in [1.54, 1.807) is 36.4 Å². The maximum atomic E-state index is 13.4. The molecular formula is C16H9Cl2FN2O. The lowest BCUT2D eigenvalue weighted by Gasteiger charge is -2.03. The molecule has 1 heterocycles. The molecule has 0 aliphatic heterocycles. The second-order valence-electron chi connectivity index (χ2n) is 4.54. The van der Waals surface area contributed by atoms with Gasteiger partial charge in [0.25, 0.3) is 0 Å². The summed E-state index contributed by atoms with van der Waals surface area (Å²) in [5.41, 5.74) is 1.57. The molecule has 3 rings (SSSR count). The van der Waals surface area contributed by atoms with Gasteiger partial charge in [0.05, 0.1) is 16.3 Å². The SMILES string of the molecule is O=Cc1c(-c2ccccc2Cl)nn(-c2cccc(F)c2)c1Cl. The Bertz CT molecular complexity index is 861. The number of halogens is 3. The molecule has 0 atom stereocenters. The summed E-state index contributed by atoms with van der Waals surface area (Å²) < 4.78 is 14.7. The minimum atomic E-state index is -0.420. The maximum absolute atomic E-state index is 13.4. The molecule has 0 unspecified atom stereocenters. The summed E-state index contributed by atoms with van der Waals surface area (Å²) in [4.78, 5) is 11.4. The zero-order valence-corrected chi connectivity index (χ0v) is 12.6. The molecular weight excluding hydrogens is 326 g/mol. The highest BCUT2D eigenvalue weighted by Crippen LogP contribution is 2.33. The molecule has 0 N–H and O–H groups in total. The van der Waals surface area contributed by atoms with Gasteiger partial charge in [-0.3, -0.25) is 4.79 Å². The van der Waals surface area contributed by atoms with Crippen molar-refractivity contribution in [1.29, 1.82) is 0 Å². The van der Waals surface area contributed by atoms with Crippen LogP contribution in [-0.4, -0.2) is 16.1 Å². The van der Waals surface area contributed by atoms with Crippen LogP contribution in [-0.2, 0) is 0 Å². The molecule has 0 fully saturated rings. The summed E-state index contributed by atoms with van der Waals surface area (Å²) in [5.74, 6) is -0.420. The maximum Gasteiger partial charge on any atom is 0.155 e. The minimum Gasteiger partial charge on any atom is -0.298 e. The Morgan fingerprint density at radius 3 is 2.55 bits per heavy atom. The van der Waals surface area contributed by atoms with E-state index in [2.05, 4.69) is 5.10 Å². The lowest BCUT2D eigenvalue weighted by Crippen LogP contribution is -1.97. The summed E-state index contributed by atoms with van der Waals surface area (Å²) in [5, 5.41) is 4.88. The van der Waals surface area contributed by atoms with Crippen molar-refractivity contribution >= 4 is 29.5 Å². The molecule has 0 aliphatic rings. The Balaban J connectivity index is 2.24. The molecule has 2 aromatic carbocycles. The first kappa shape index (κ1) is 14.8. The van der Waals surface area contributed by atoms with Gasteiger partial charge in [0.15, 0.2) is 6.29 Å². The third-order valence-corrected chi connectivity index (χ3v) is 3.86. The molecule has 0 bridgehead atoms. The van der Waals surface area contributed by atoms with Crippen LogP contribution >= 0.6 is 23.2 Å². The summed E-state index contributed by atoms with van der Waals surface area (Å²) >= 11 is 12.4. The van der Waals surface area contributed by atoms with Crippen molar-refractivity contribution in [3.63, 3.8) is 0 Å². The standard InChI is InChI=1S/C16H9Cl2FN2O/c17-14-7-2-1-6-12(14)15-13(9-22)16(18)21(20-15)11-5-3-4-10(19)8-11/h1-9H. The van der Waals surface area contributed by atoms with Gasteiger partial charge in [0.1, 0.15) is 16.7 Å². The summed E-state index contributed by atoms with van der Waals surface area (Å²) in [6.45, 7) is 0. The molecule has 0 aliphatic carbocycles. The molecule has 1 aromatic heterocycles. The first-order chi connectivity index (χ1) is 10.6. The van der Waals surface area contributed by atoms with E-state index >= 15 is 0 Å². The van der Waals surface area contributed by atoms with E-state index in [-0.39, 0.29) is 10.7 Å². The fourth-order valence-electron chi connectivity index (χ4n) is 2.15. The molecule has 0 radical (unpaired) electrons. The van der Waals surface area contributed by atoms with Crippen molar-refractivity contribution < 1.29 is 9.18 Å². The van der Waals surface area contributed by atoms with Crippen LogP contribution in [0.2, 0.25) is 10.2 Å². The molecule has 3 nitrogen and oxygen atoms in total. The minimum absolute atomic E-state index is 0.107. The zero-order chi connectivity index (χ0) is 15.7. The zero-order valence-electron chi connectivity index (χ0n) is 11.1. The molecule has 0 saturated heterocycles. The fraction of sp³-hybridized carbons (Fsp3) is 0. The second kappa shape index (κ2) is 5.91. The van der Waals surface area contributed by atoms with Crippen LogP contribution in [0, 0.1) is 5.82 Å². The summed E-state index contributed by atoms with van der Waals surface area (Å²) in [6.07, 6.45) is 0.615. The van der Waals surface area contributed by atoms with Crippen molar-refractivity contribution in [2.45, 2.75) is 0 Å². The largest absolute Gasteiger partial charge is 0.298 e. The van der Waals surface area contributed by atoms with Gasteiger partial charge in [0.2, 0.25) is 0 Å². The first-order valence-electron chi connectivity index (χ1n) is 6.36. The van der Waals surface area contributed by atoms with Gasteiger partial charge in [-0.25, -0.2) is 9.07 Å². The van der Waals surface area contributed by atoms with Crippen molar-refractivity contribution in [3.8, 4) is 16.9 Å². The van der Waals surface area contributed by atoms with Crippen molar-refractivity contribution in [2.24, 2.45) is 0 Å². The number of nitrogens with zero attached hydrogens (tertiary/aromatic N) is 2. The number of carbonyl (C=O) groups is 1. The van der Waals surface area contributed by atoms with Gasteiger partial charge >= 0.3 is 0 Å². The van der Waals surface area contributed by atoms with Crippen molar-refractivity contribution in [2.75, 3.05) is 0 Å². The van der Waals surface area contributed by atoms with Gasteiger partial charge in [-0.05, 0) is 24.3 Å². The lowest BCUT2D eigenvalue weighted by molar-refractivity contribution is 0.112. The highest BCUT2D eigenvalue weighted by molar-refractivity contribution is 6.35. The molecule has 22 heavy (non-hydrogen) atoms. The molecule has 0 saturated carbocycles. The predicted octanol–water partition coefficient (Wildman–Crippen LogP) is 4.80. The Morgan fingerprint density at radius 2 is 1.86 bits per heavy atom.